The summed E-state index contributed by atoms with van der Waals surface area (Å²) in [6, 6.07) is 63.7. The Morgan fingerprint density at radius 1 is 0.397 bits per heavy atom. The predicted octanol–water partition coefficient (Wildman–Crippen LogP) is 15.0. The largest absolute Gasteiger partial charge is 0.456 e. The van der Waals surface area contributed by atoms with Crippen molar-refractivity contribution in [2.24, 2.45) is 0 Å². The van der Waals surface area contributed by atoms with Gasteiger partial charge in [0.05, 0.1) is 20.8 Å². The highest BCUT2D eigenvalue weighted by molar-refractivity contribution is 7.27. The van der Waals surface area contributed by atoms with Crippen LogP contribution in [0, 0.1) is 0 Å². The Balaban J connectivity index is 1.08. The Morgan fingerprint density at radius 2 is 0.914 bits per heavy atom. The average molecular weight is 779 g/mol. The van der Waals surface area contributed by atoms with Crippen LogP contribution in [0.3, 0.4) is 0 Å². The van der Waals surface area contributed by atoms with E-state index < -0.39 is 0 Å². The normalized spacial score (nSPS) is 11.8. The van der Waals surface area contributed by atoms with Gasteiger partial charge in [-0.05, 0) is 42.5 Å². The molecule has 0 amide bonds. The first-order chi connectivity index (χ1) is 28.7. The molecule has 0 saturated carbocycles. The molecule has 4 heterocycles. The number of benzene rings is 8. The highest BCUT2D eigenvalue weighted by atomic mass is 32.1. The summed E-state index contributed by atoms with van der Waals surface area (Å²) in [7, 11) is 0. The first-order valence-corrected chi connectivity index (χ1v) is 20.8. The maximum atomic E-state index is 6.79. The summed E-state index contributed by atoms with van der Waals surface area (Å²) in [5.74, 6) is 1.84. The van der Waals surface area contributed by atoms with E-state index in [1.54, 1.807) is 0 Å². The van der Waals surface area contributed by atoms with E-state index in [1.165, 1.54) is 40.3 Å². The van der Waals surface area contributed by atoms with E-state index in [9.17, 15) is 0 Å². The van der Waals surface area contributed by atoms with Gasteiger partial charge in [0.25, 0.3) is 0 Å². The van der Waals surface area contributed by atoms with Crippen molar-refractivity contribution >= 4 is 102 Å². The molecule has 0 aliphatic carbocycles. The summed E-state index contributed by atoms with van der Waals surface area (Å²) in [6.45, 7) is 0. The second-order valence-corrected chi connectivity index (χ2v) is 16.4. The number of anilines is 3. The fraction of sp³-hybridized carbons (Fsp3) is 0. The molecule has 0 aliphatic rings. The summed E-state index contributed by atoms with van der Waals surface area (Å²) in [5, 5.41) is 7.02. The lowest BCUT2D eigenvalue weighted by Crippen LogP contribution is -2.10. The van der Waals surface area contributed by atoms with Gasteiger partial charge in [-0.25, -0.2) is 15.0 Å². The van der Waals surface area contributed by atoms with Crippen LogP contribution in [-0.2, 0) is 0 Å². The van der Waals surface area contributed by atoms with Gasteiger partial charge in [-0.15, -0.1) is 22.7 Å². The van der Waals surface area contributed by atoms with Gasteiger partial charge in [0.2, 0.25) is 0 Å². The van der Waals surface area contributed by atoms with Crippen molar-refractivity contribution in [2.45, 2.75) is 0 Å². The summed E-state index contributed by atoms with van der Waals surface area (Å²) >= 11 is 3.68. The van der Waals surface area contributed by atoms with Crippen molar-refractivity contribution in [2.75, 3.05) is 4.90 Å². The molecular formula is C51H30N4OS2. The number of thiophene rings is 2. The van der Waals surface area contributed by atoms with E-state index in [2.05, 4.69) is 114 Å². The molecule has 272 valence electrons. The third-order valence-corrected chi connectivity index (χ3v) is 13.3. The number of hydrogen-bond donors (Lipinski definition) is 0. The standard InChI is InChI=1S/C51H30N4OS2/c1-3-14-31(15-4-1)49-52-50(32-16-5-2-6-17-32)54-51(53-49)39-22-13-25-42-46(39)38-29-28-33(30-43(38)56-42)55(40-23-11-20-36-34-18-7-9-26-44(34)57-47(36)40)41-24-12-21-37-35-19-8-10-27-45(35)58-48(37)41/h1-30H. The SMILES string of the molecule is c1ccc(-c2nc(-c3ccccc3)nc(-c3cccc4oc5cc(N(c6cccc7c6sc6ccccc67)c6cccc7c6sc6ccccc67)ccc5c34)n2)cc1. The summed E-state index contributed by atoms with van der Waals surface area (Å²) in [4.78, 5) is 17.5. The van der Waals surface area contributed by atoms with E-state index in [0.29, 0.717) is 17.5 Å². The zero-order valence-electron chi connectivity index (χ0n) is 30.8. The minimum Gasteiger partial charge on any atom is -0.456 e. The van der Waals surface area contributed by atoms with Gasteiger partial charge in [0.1, 0.15) is 11.2 Å². The predicted molar refractivity (Wildman–Crippen MR) is 244 cm³/mol. The third kappa shape index (κ3) is 5.25. The Morgan fingerprint density at radius 3 is 1.52 bits per heavy atom. The molecule has 0 spiro atoms. The van der Waals surface area contributed by atoms with Crippen LogP contribution in [-0.4, -0.2) is 15.0 Å². The molecule has 0 unspecified atom stereocenters. The Labute approximate surface area is 340 Å². The monoisotopic (exact) mass is 778 g/mol. The van der Waals surface area contributed by atoms with E-state index in [4.69, 9.17) is 19.4 Å². The van der Waals surface area contributed by atoms with Crippen LogP contribution >= 0.6 is 22.7 Å². The van der Waals surface area contributed by atoms with Crippen molar-refractivity contribution in [3.63, 3.8) is 0 Å². The number of hydrogen-bond acceptors (Lipinski definition) is 7. The van der Waals surface area contributed by atoms with Gasteiger partial charge in [-0.1, -0.05) is 133 Å². The Kier molecular flexibility index (Phi) is 7.51. The molecule has 8 aromatic carbocycles. The summed E-state index contributed by atoms with van der Waals surface area (Å²) in [6.07, 6.45) is 0. The molecule has 0 radical (unpaired) electrons. The molecule has 4 aromatic heterocycles. The van der Waals surface area contributed by atoms with Crippen molar-refractivity contribution in [1.82, 2.24) is 15.0 Å². The topological polar surface area (TPSA) is 55.1 Å². The molecule has 0 bridgehead atoms. The fourth-order valence-electron chi connectivity index (χ4n) is 8.29. The number of aromatic nitrogens is 3. The number of fused-ring (bicyclic) bond motifs is 9. The minimum absolute atomic E-state index is 0.597. The smallest absolute Gasteiger partial charge is 0.164 e. The molecule has 0 aliphatic heterocycles. The fourth-order valence-corrected chi connectivity index (χ4v) is 10.7. The van der Waals surface area contributed by atoms with Crippen LogP contribution in [0.4, 0.5) is 17.1 Å². The van der Waals surface area contributed by atoms with Gasteiger partial charge in [0.15, 0.2) is 17.5 Å². The van der Waals surface area contributed by atoms with Gasteiger partial charge < -0.3 is 9.32 Å². The van der Waals surface area contributed by atoms with Crippen LogP contribution in [0.25, 0.3) is 96.4 Å². The molecular weight excluding hydrogens is 749 g/mol. The lowest BCUT2D eigenvalue weighted by molar-refractivity contribution is 0.669. The second kappa shape index (κ2) is 13.2. The Hall–Kier alpha value is -7.19. The summed E-state index contributed by atoms with van der Waals surface area (Å²) < 4.78 is 11.8. The molecule has 0 N–H and O–H groups in total. The van der Waals surface area contributed by atoms with E-state index in [-0.39, 0.29) is 0 Å². The molecule has 0 saturated heterocycles. The van der Waals surface area contributed by atoms with Crippen molar-refractivity contribution in [3.05, 3.63) is 182 Å². The summed E-state index contributed by atoms with van der Waals surface area (Å²) in [5.41, 5.74) is 7.59. The van der Waals surface area contributed by atoms with E-state index in [0.717, 1.165) is 55.7 Å². The first-order valence-electron chi connectivity index (χ1n) is 19.2. The number of nitrogens with zero attached hydrogens (tertiary/aromatic N) is 4. The quantitative estimate of drug-likeness (QED) is 0.168. The molecule has 0 atom stereocenters. The third-order valence-electron chi connectivity index (χ3n) is 10.9. The van der Waals surface area contributed by atoms with E-state index in [1.807, 2.05) is 95.5 Å². The van der Waals surface area contributed by atoms with Crippen molar-refractivity contribution in [1.29, 1.82) is 0 Å². The van der Waals surface area contributed by atoms with Crippen molar-refractivity contribution in [3.8, 4) is 34.2 Å². The number of furan rings is 1. The number of rotatable bonds is 6. The van der Waals surface area contributed by atoms with Crippen LogP contribution in [0.2, 0.25) is 0 Å². The molecule has 0 fully saturated rings. The molecule has 5 nitrogen and oxygen atoms in total. The van der Waals surface area contributed by atoms with Crippen molar-refractivity contribution < 1.29 is 4.42 Å². The lowest BCUT2D eigenvalue weighted by atomic mass is 10.0. The van der Waals surface area contributed by atoms with Gasteiger partial charge in [-0.2, -0.15) is 0 Å². The van der Waals surface area contributed by atoms with Crippen LogP contribution in [0.1, 0.15) is 0 Å². The van der Waals surface area contributed by atoms with E-state index >= 15 is 0 Å². The zero-order valence-corrected chi connectivity index (χ0v) is 32.5. The highest BCUT2D eigenvalue weighted by Gasteiger charge is 2.24. The van der Waals surface area contributed by atoms with Gasteiger partial charge in [0, 0.05) is 70.2 Å². The lowest BCUT2D eigenvalue weighted by Gasteiger charge is -2.26. The highest BCUT2D eigenvalue weighted by Crippen LogP contribution is 2.49. The molecule has 7 heteroatoms. The average Bonchev–Trinajstić information content (AvgIpc) is 3.99. The minimum atomic E-state index is 0.597. The van der Waals surface area contributed by atoms with Gasteiger partial charge in [-0.3, -0.25) is 0 Å². The van der Waals surface area contributed by atoms with Crippen LogP contribution in [0.5, 0.6) is 0 Å². The maximum absolute atomic E-state index is 6.79. The molecule has 58 heavy (non-hydrogen) atoms. The molecule has 12 rings (SSSR count). The maximum Gasteiger partial charge on any atom is 0.164 e. The first kappa shape index (κ1) is 33.0. The van der Waals surface area contributed by atoms with Crippen LogP contribution < -0.4 is 4.90 Å². The van der Waals surface area contributed by atoms with Gasteiger partial charge >= 0.3 is 0 Å². The van der Waals surface area contributed by atoms with Crippen LogP contribution in [0.15, 0.2) is 186 Å². The molecule has 12 aromatic rings. The zero-order chi connectivity index (χ0) is 38.2. The second-order valence-electron chi connectivity index (χ2n) is 14.3. The Bertz CT molecular complexity index is 3360.